The summed E-state index contributed by atoms with van der Waals surface area (Å²) in [6.45, 7) is 12.7. The van der Waals surface area contributed by atoms with Gasteiger partial charge < -0.3 is 10.6 Å². The number of nitrogens with two attached hydrogens (primary N) is 1. The Morgan fingerprint density at radius 3 is 2.56 bits per heavy atom. The number of nitrogens with zero attached hydrogens (tertiary/aromatic N) is 1. The van der Waals surface area contributed by atoms with Crippen molar-refractivity contribution in [2.45, 2.75) is 59.9 Å². The highest BCUT2D eigenvalue weighted by Gasteiger charge is 2.27. The summed E-state index contributed by atoms with van der Waals surface area (Å²) < 4.78 is 0. The molecule has 1 aliphatic heterocycles. The van der Waals surface area contributed by atoms with Gasteiger partial charge >= 0.3 is 0 Å². The lowest BCUT2D eigenvalue weighted by molar-refractivity contribution is -0.134. The van der Waals surface area contributed by atoms with E-state index < -0.39 is 0 Å². The minimum Gasteiger partial charge on any atom is -0.341 e. The SMILES string of the molecule is CC(CC(=O)N1CCC(C)C(N)C1)CC(C)(C)C. The molecule has 0 saturated carbocycles. The Labute approximate surface area is 112 Å². The zero-order chi connectivity index (χ0) is 13.9. The third kappa shape index (κ3) is 4.97. The number of hydrogen-bond acceptors (Lipinski definition) is 2. The second kappa shape index (κ2) is 6.05. The van der Waals surface area contributed by atoms with Crippen LogP contribution in [0.15, 0.2) is 0 Å². The Morgan fingerprint density at radius 1 is 1.44 bits per heavy atom. The van der Waals surface area contributed by atoms with Gasteiger partial charge in [0.15, 0.2) is 0 Å². The van der Waals surface area contributed by atoms with Crippen molar-refractivity contribution < 1.29 is 4.79 Å². The van der Waals surface area contributed by atoms with Crippen molar-refractivity contribution in [2.24, 2.45) is 23.0 Å². The molecule has 0 aliphatic carbocycles. The highest BCUT2D eigenvalue weighted by molar-refractivity contribution is 5.76. The summed E-state index contributed by atoms with van der Waals surface area (Å²) >= 11 is 0. The number of piperidine rings is 1. The summed E-state index contributed by atoms with van der Waals surface area (Å²) in [5.41, 5.74) is 6.34. The summed E-state index contributed by atoms with van der Waals surface area (Å²) in [5, 5.41) is 0. The highest BCUT2D eigenvalue weighted by atomic mass is 16.2. The molecule has 3 atom stereocenters. The summed E-state index contributed by atoms with van der Waals surface area (Å²) in [6.07, 6.45) is 2.80. The summed E-state index contributed by atoms with van der Waals surface area (Å²) in [5.74, 6) is 1.28. The van der Waals surface area contributed by atoms with E-state index in [1.54, 1.807) is 0 Å². The molecular weight excluding hydrogens is 224 g/mol. The summed E-state index contributed by atoms with van der Waals surface area (Å²) in [7, 11) is 0. The molecule has 18 heavy (non-hydrogen) atoms. The van der Waals surface area contributed by atoms with E-state index in [9.17, 15) is 4.79 Å². The molecule has 3 nitrogen and oxygen atoms in total. The average molecular weight is 254 g/mol. The van der Waals surface area contributed by atoms with Gasteiger partial charge in [0.2, 0.25) is 5.91 Å². The van der Waals surface area contributed by atoms with Gasteiger partial charge in [0.05, 0.1) is 0 Å². The van der Waals surface area contributed by atoms with Gasteiger partial charge in [-0.1, -0.05) is 34.6 Å². The minimum atomic E-state index is 0.153. The quantitative estimate of drug-likeness (QED) is 0.841. The Balaban J connectivity index is 2.41. The second-order valence-electron chi connectivity index (χ2n) is 7.34. The maximum atomic E-state index is 12.2. The van der Waals surface area contributed by atoms with Crippen LogP contribution >= 0.6 is 0 Å². The molecule has 3 unspecified atom stereocenters. The van der Waals surface area contributed by atoms with Crippen LogP contribution < -0.4 is 5.73 Å². The number of likely N-dealkylation sites (tertiary alicyclic amines) is 1. The van der Waals surface area contributed by atoms with Gasteiger partial charge in [-0.2, -0.15) is 0 Å². The first kappa shape index (κ1) is 15.5. The van der Waals surface area contributed by atoms with Crippen molar-refractivity contribution in [2.75, 3.05) is 13.1 Å². The van der Waals surface area contributed by atoms with Crippen molar-refractivity contribution in [1.29, 1.82) is 0 Å². The lowest BCUT2D eigenvalue weighted by Crippen LogP contribution is -2.50. The molecule has 1 amide bonds. The molecule has 2 N–H and O–H groups in total. The van der Waals surface area contributed by atoms with Crippen LogP contribution in [0.4, 0.5) is 0 Å². The highest BCUT2D eigenvalue weighted by Crippen LogP contribution is 2.27. The Morgan fingerprint density at radius 2 is 2.06 bits per heavy atom. The van der Waals surface area contributed by atoms with Gasteiger partial charge in [-0.3, -0.25) is 4.79 Å². The van der Waals surface area contributed by atoms with Gasteiger partial charge in [-0.15, -0.1) is 0 Å². The van der Waals surface area contributed by atoms with Crippen LogP contribution in [0.2, 0.25) is 0 Å². The van der Waals surface area contributed by atoms with E-state index in [0.717, 1.165) is 25.9 Å². The number of hydrogen-bond donors (Lipinski definition) is 1. The van der Waals surface area contributed by atoms with Crippen LogP contribution in [0, 0.1) is 17.3 Å². The minimum absolute atomic E-state index is 0.153. The maximum Gasteiger partial charge on any atom is 0.222 e. The van der Waals surface area contributed by atoms with Crippen LogP contribution in [-0.4, -0.2) is 29.9 Å². The molecule has 1 saturated heterocycles. The third-order valence-corrected chi connectivity index (χ3v) is 3.85. The summed E-state index contributed by atoms with van der Waals surface area (Å²) in [4.78, 5) is 14.2. The van der Waals surface area contributed by atoms with E-state index in [1.807, 2.05) is 4.90 Å². The van der Waals surface area contributed by atoms with Crippen LogP contribution in [0.25, 0.3) is 0 Å². The number of amides is 1. The first-order valence-corrected chi connectivity index (χ1v) is 7.22. The standard InChI is InChI=1S/C15H30N2O/c1-11(9-15(3,4)5)8-14(18)17-7-6-12(2)13(16)10-17/h11-13H,6-10,16H2,1-5H3. The topological polar surface area (TPSA) is 46.3 Å². The van der Waals surface area contributed by atoms with Gasteiger partial charge in [-0.25, -0.2) is 0 Å². The zero-order valence-electron chi connectivity index (χ0n) is 12.7. The van der Waals surface area contributed by atoms with Gasteiger partial charge in [0.1, 0.15) is 0 Å². The van der Waals surface area contributed by atoms with Crippen LogP contribution in [0.5, 0.6) is 0 Å². The second-order valence-corrected chi connectivity index (χ2v) is 7.34. The summed E-state index contributed by atoms with van der Waals surface area (Å²) in [6, 6.07) is 0.153. The van der Waals surface area contributed by atoms with Crippen molar-refractivity contribution in [3.63, 3.8) is 0 Å². The monoisotopic (exact) mass is 254 g/mol. The molecule has 106 valence electrons. The Bertz CT molecular complexity index is 283. The maximum absolute atomic E-state index is 12.2. The fourth-order valence-corrected chi connectivity index (χ4v) is 2.87. The van der Waals surface area contributed by atoms with E-state index in [1.165, 1.54) is 0 Å². The molecule has 0 radical (unpaired) electrons. The zero-order valence-corrected chi connectivity index (χ0v) is 12.7. The molecule has 1 aliphatic rings. The fourth-order valence-electron chi connectivity index (χ4n) is 2.87. The number of carbonyl (C=O) groups is 1. The van der Waals surface area contributed by atoms with Crippen molar-refractivity contribution >= 4 is 5.91 Å². The van der Waals surface area contributed by atoms with Gasteiger partial charge in [0, 0.05) is 25.6 Å². The number of carbonyl (C=O) groups excluding carboxylic acids is 1. The molecule has 1 fully saturated rings. The van der Waals surface area contributed by atoms with Gasteiger partial charge in [0.25, 0.3) is 0 Å². The van der Waals surface area contributed by atoms with Crippen molar-refractivity contribution in [3.8, 4) is 0 Å². The van der Waals surface area contributed by atoms with E-state index in [-0.39, 0.29) is 11.9 Å². The molecule has 1 heterocycles. The van der Waals surface area contributed by atoms with E-state index in [0.29, 0.717) is 23.7 Å². The first-order chi connectivity index (χ1) is 8.19. The van der Waals surface area contributed by atoms with Crippen LogP contribution in [0.1, 0.15) is 53.9 Å². The Hall–Kier alpha value is -0.570. The predicted molar refractivity (Wildman–Crippen MR) is 76.2 cm³/mol. The lowest BCUT2D eigenvalue weighted by atomic mass is 9.84. The first-order valence-electron chi connectivity index (χ1n) is 7.22. The fraction of sp³-hybridized carbons (Fsp3) is 0.933. The van der Waals surface area contributed by atoms with Crippen LogP contribution in [0.3, 0.4) is 0 Å². The number of rotatable bonds is 3. The third-order valence-electron chi connectivity index (χ3n) is 3.85. The van der Waals surface area contributed by atoms with E-state index in [2.05, 4.69) is 34.6 Å². The largest absolute Gasteiger partial charge is 0.341 e. The normalized spacial score (nSPS) is 27.1. The predicted octanol–water partition coefficient (Wildman–Crippen LogP) is 2.64. The Kier molecular flexibility index (Phi) is 5.20. The molecule has 1 rings (SSSR count). The molecule has 0 aromatic heterocycles. The molecular formula is C15H30N2O. The van der Waals surface area contributed by atoms with Crippen LogP contribution in [-0.2, 0) is 4.79 Å². The van der Waals surface area contributed by atoms with E-state index in [4.69, 9.17) is 5.73 Å². The molecule has 0 spiro atoms. The molecule has 0 bridgehead atoms. The molecule has 0 aromatic carbocycles. The van der Waals surface area contributed by atoms with Crippen molar-refractivity contribution in [1.82, 2.24) is 4.90 Å². The molecule has 3 heteroatoms. The molecule has 0 aromatic rings. The van der Waals surface area contributed by atoms with E-state index >= 15 is 0 Å². The smallest absolute Gasteiger partial charge is 0.222 e. The van der Waals surface area contributed by atoms with Crippen molar-refractivity contribution in [3.05, 3.63) is 0 Å². The average Bonchev–Trinajstić information content (AvgIpc) is 2.18. The van der Waals surface area contributed by atoms with Gasteiger partial charge in [-0.05, 0) is 30.1 Å². The lowest BCUT2D eigenvalue weighted by Gasteiger charge is -2.36.